The highest BCUT2D eigenvalue weighted by Gasteiger charge is 2.41. The van der Waals surface area contributed by atoms with Gasteiger partial charge in [-0.2, -0.15) is 0 Å². The van der Waals surface area contributed by atoms with Crippen molar-refractivity contribution in [1.29, 1.82) is 0 Å². The minimum Gasteiger partial charge on any atom is -0.459 e. The molecule has 0 amide bonds. The van der Waals surface area contributed by atoms with Crippen LogP contribution in [0.2, 0.25) is 10.0 Å². The summed E-state index contributed by atoms with van der Waals surface area (Å²) in [4.78, 5) is 6.68. The molecule has 2 atom stereocenters. The van der Waals surface area contributed by atoms with Crippen molar-refractivity contribution in [3.63, 3.8) is 0 Å². The molecule has 0 radical (unpaired) electrons. The second kappa shape index (κ2) is 9.35. The Morgan fingerprint density at radius 3 is 2.77 bits per heavy atom. The largest absolute Gasteiger partial charge is 0.459 e. The van der Waals surface area contributed by atoms with Crippen LogP contribution < -0.4 is 5.32 Å². The molecule has 0 bridgehead atoms. The molecule has 1 aliphatic rings. The predicted octanol–water partition coefficient (Wildman–Crippen LogP) is 5.66. The zero-order valence-corrected chi connectivity index (χ0v) is 18.7. The maximum Gasteiger partial charge on any atom is 0.170 e. The molecular formula is C22H21Cl2N3O2S. The average Bonchev–Trinajstić information content (AvgIpc) is 3.36. The number of ether oxygens (including phenoxy) is 1. The number of nitrogens with one attached hydrogen (secondary N) is 1. The average molecular weight is 462 g/mol. The van der Waals surface area contributed by atoms with Gasteiger partial charge in [0.15, 0.2) is 5.11 Å². The second-order valence-electron chi connectivity index (χ2n) is 7.00. The number of aromatic nitrogens is 1. The first-order chi connectivity index (χ1) is 14.6. The Bertz CT molecular complexity index is 1030. The van der Waals surface area contributed by atoms with Crippen molar-refractivity contribution < 1.29 is 9.15 Å². The lowest BCUT2D eigenvalue weighted by molar-refractivity contribution is 0.177. The summed E-state index contributed by atoms with van der Waals surface area (Å²) in [5.41, 5.74) is 1.77. The van der Waals surface area contributed by atoms with E-state index in [4.69, 9.17) is 44.6 Å². The van der Waals surface area contributed by atoms with Gasteiger partial charge in [0, 0.05) is 32.0 Å². The first-order valence-electron chi connectivity index (χ1n) is 9.60. The summed E-state index contributed by atoms with van der Waals surface area (Å²) in [5.74, 6) is 1.52. The Kier molecular flexibility index (Phi) is 6.58. The lowest BCUT2D eigenvalue weighted by Gasteiger charge is -2.26. The summed E-state index contributed by atoms with van der Waals surface area (Å²) in [5, 5.41) is 5.10. The van der Waals surface area contributed by atoms with Gasteiger partial charge in [0.2, 0.25) is 0 Å². The van der Waals surface area contributed by atoms with E-state index in [9.17, 15) is 0 Å². The van der Waals surface area contributed by atoms with Crippen LogP contribution in [0, 0.1) is 0 Å². The fourth-order valence-corrected chi connectivity index (χ4v) is 4.28. The van der Waals surface area contributed by atoms with Gasteiger partial charge in [-0.1, -0.05) is 29.3 Å². The Hall–Kier alpha value is -2.12. The third-order valence-electron chi connectivity index (χ3n) is 5.07. The fraction of sp³-hybridized carbons (Fsp3) is 0.273. The maximum atomic E-state index is 6.28. The number of halogens is 2. The molecule has 4 rings (SSSR count). The van der Waals surface area contributed by atoms with Crippen LogP contribution in [0.3, 0.4) is 0 Å². The number of furan rings is 1. The lowest BCUT2D eigenvalue weighted by atomic mass is 10.0. The van der Waals surface area contributed by atoms with Crippen molar-refractivity contribution in [2.24, 2.45) is 0 Å². The number of hydrogen-bond acceptors (Lipinski definition) is 4. The van der Waals surface area contributed by atoms with Gasteiger partial charge >= 0.3 is 0 Å². The van der Waals surface area contributed by atoms with E-state index in [1.807, 2.05) is 36.4 Å². The van der Waals surface area contributed by atoms with E-state index >= 15 is 0 Å². The van der Waals surface area contributed by atoms with E-state index in [1.54, 1.807) is 25.4 Å². The van der Waals surface area contributed by atoms with Crippen LogP contribution in [0.15, 0.2) is 59.1 Å². The molecule has 0 unspecified atom stereocenters. The highest BCUT2D eigenvalue weighted by Crippen LogP contribution is 2.40. The quantitative estimate of drug-likeness (QED) is 0.361. The first kappa shape index (κ1) is 21.1. The van der Waals surface area contributed by atoms with Gasteiger partial charge in [-0.3, -0.25) is 4.98 Å². The molecule has 8 heteroatoms. The van der Waals surface area contributed by atoms with Crippen molar-refractivity contribution in [1.82, 2.24) is 15.2 Å². The zero-order valence-electron chi connectivity index (χ0n) is 16.3. The van der Waals surface area contributed by atoms with Crippen LogP contribution in [0.1, 0.15) is 30.0 Å². The number of methoxy groups -OCH3 is 1. The number of benzene rings is 1. The summed E-state index contributed by atoms with van der Waals surface area (Å²) < 4.78 is 11.5. The van der Waals surface area contributed by atoms with Crippen LogP contribution in [0.4, 0.5) is 0 Å². The molecule has 3 aromatic rings. The molecule has 1 saturated heterocycles. The van der Waals surface area contributed by atoms with E-state index < -0.39 is 0 Å². The number of hydrogen-bond donors (Lipinski definition) is 1. The summed E-state index contributed by atoms with van der Waals surface area (Å²) in [7, 11) is 1.70. The van der Waals surface area contributed by atoms with Crippen molar-refractivity contribution in [2.45, 2.75) is 18.5 Å². The SMILES string of the molecule is COCCCN1C(=S)N[C@H](c2ccccn2)[C@H]1c1ccc(-c2ccc(Cl)c(Cl)c2)o1. The molecule has 1 aromatic carbocycles. The number of nitrogens with zero attached hydrogens (tertiary/aromatic N) is 2. The highest BCUT2D eigenvalue weighted by atomic mass is 35.5. The molecule has 30 heavy (non-hydrogen) atoms. The van der Waals surface area contributed by atoms with Crippen LogP contribution in [-0.2, 0) is 4.74 Å². The Labute approximate surface area is 190 Å². The van der Waals surface area contributed by atoms with Gasteiger partial charge in [0.1, 0.15) is 17.6 Å². The Morgan fingerprint density at radius 2 is 2.03 bits per heavy atom. The van der Waals surface area contributed by atoms with Crippen molar-refractivity contribution in [3.8, 4) is 11.3 Å². The van der Waals surface area contributed by atoms with Gasteiger partial charge in [0.25, 0.3) is 0 Å². The molecule has 0 spiro atoms. The first-order valence-corrected chi connectivity index (χ1v) is 10.8. The summed E-state index contributed by atoms with van der Waals surface area (Å²) >= 11 is 17.9. The third-order valence-corrected chi connectivity index (χ3v) is 6.16. The van der Waals surface area contributed by atoms with E-state index in [0.717, 1.165) is 35.7 Å². The van der Waals surface area contributed by atoms with Crippen LogP contribution >= 0.6 is 35.4 Å². The van der Waals surface area contributed by atoms with Gasteiger partial charge in [-0.25, -0.2) is 0 Å². The second-order valence-corrected chi connectivity index (χ2v) is 8.20. The van der Waals surface area contributed by atoms with E-state index in [1.165, 1.54) is 0 Å². The molecule has 3 heterocycles. The molecule has 1 aliphatic heterocycles. The molecule has 2 aromatic heterocycles. The lowest BCUT2D eigenvalue weighted by Crippen LogP contribution is -2.31. The minimum atomic E-state index is -0.124. The topological polar surface area (TPSA) is 50.5 Å². The van der Waals surface area contributed by atoms with Crippen LogP contribution in [0.5, 0.6) is 0 Å². The Morgan fingerprint density at radius 1 is 1.17 bits per heavy atom. The Balaban J connectivity index is 1.68. The van der Waals surface area contributed by atoms with Gasteiger partial charge in [-0.15, -0.1) is 0 Å². The number of rotatable bonds is 7. The number of pyridine rings is 1. The molecule has 0 saturated carbocycles. The highest BCUT2D eigenvalue weighted by molar-refractivity contribution is 7.80. The number of thiocarbonyl (C=S) groups is 1. The van der Waals surface area contributed by atoms with Gasteiger partial charge in [-0.05, 0) is 61.1 Å². The van der Waals surface area contributed by atoms with E-state index in [0.29, 0.717) is 21.8 Å². The summed E-state index contributed by atoms with van der Waals surface area (Å²) in [6, 6.07) is 15.0. The van der Waals surface area contributed by atoms with Crippen molar-refractivity contribution >= 4 is 40.5 Å². The zero-order chi connectivity index (χ0) is 21.1. The monoisotopic (exact) mass is 461 g/mol. The van der Waals surface area contributed by atoms with Crippen molar-refractivity contribution in [3.05, 3.63) is 76.2 Å². The smallest absolute Gasteiger partial charge is 0.170 e. The van der Waals surface area contributed by atoms with Gasteiger partial charge < -0.3 is 19.4 Å². The molecule has 5 nitrogen and oxygen atoms in total. The molecule has 0 aliphatic carbocycles. The van der Waals surface area contributed by atoms with E-state index in [2.05, 4.69) is 15.2 Å². The van der Waals surface area contributed by atoms with Crippen molar-refractivity contribution in [2.75, 3.05) is 20.3 Å². The van der Waals surface area contributed by atoms with Crippen LogP contribution in [-0.4, -0.2) is 35.3 Å². The normalized spacial score (nSPS) is 18.6. The molecule has 1 fully saturated rings. The summed E-state index contributed by atoms with van der Waals surface area (Å²) in [6.07, 6.45) is 2.64. The van der Waals surface area contributed by atoms with Gasteiger partial charge in [0.05, 0.1) is 21.8 Å². The fourth-order valence-electron chi connectivity index (χ4n) is 3.65. The predicted molar refractivity (Wildman–Crippen MR) is 123 cm³/mol. The molecule has 156 valence electrons. The summed E-state index contributed by atoms with van der Waals surface area (Å²) in [6.45, 7) is 1.41. The molecular weight excluding hydrogens is 441 g/mol. The van der Waals surface area contributed by atoms with E-state index in [-0.39, 0.29) is 12.1 Å². The van der Waals surface area contributed by atoms with Crippen LogP contribution in [0.25, 0.3) is 11.3 Å². The molecule has 1 N–H and O–H groups in total. The maximum absolute atomic E-state index is 6.28. The minimum absolute atomic E-state index is 0.117. The third kappa shape index (κ3) is 4.32. The standard InChI is InChI=1S/C22H21Cl2N3O2S/c1-28-12-4-11-27-21(20(26-22(27)30)17-5-2-3-10-25-17)19-9-8-18(29-19)14-6-7-15(23)16(24)13-14/h2-3,5-10,13,20-21H,4,11-12H2,1H3,(H,26,30)/t20-,21-/m1/s1.